The minimum Gasteiger partial charge on any atom is -0.491 e. The van der Waals surface area contributed by atoms with Gasteiger partial charge in [0.1, 0.15) is 12.4 Å². The maximum absolute atomic E-state index is 13.3. The van der Waals surface area contributed by atoms with E-state index in [1.165, 1.54) is 5.56 Å². The maximum Gasteiger partial charge on any atom is 0.228 e. The highest BCUT2D eigenvalue weighted by atomic mass is 16.5. The lowest BCUT2D eigenvalue weighted by Crippen LogP contribution is -2.54. The predicted octanol–water partition coefficient (Wildman–Crippen LogP) is 3.10. The van der Waals surface area contributed by atoms with Crippen molar-refractivity contribution in [1.29, 1.82) is 0 Å². The molecule has 1 unspecified atom stereocenters. The van der Waals surface area contributed by atoms with E-state index in [0.717, 1.165) is 44.3 Å². The number of rotatable bonds is 4. The van der Waals surface area contributed by atoms with Crippen LogP contribution >= 0.6 is 0 Å². The van der Waals surface area contributed by atoms with E-state index in [1.54, 1.807) is 0 Å². The summed E-state index contributed by atoms with van der Waals surface area (Å²) in [5.74, 6) is 2.15. The molecule has 1 atom stereocenters. The Hall–Kier alpha value is -2.90. The van der Waals surface area contributed by atoms with Gasteiger partial charge in [-0.2, -0.15) is 4.98 Å². The second-order valence-corrected chi connectivity index (χ2v) is 9.08. The van der Waals surface area contributed by atoms with Crippen LogP contribution in [0.4, 0.5) is 0 Å². The Balaban J connectivity index is 1.39. The van der Waals surface area contributed by atoms with E-state index in [0.29, 0.717) is 57.2 Å². The smallest absolute Gasteiger partial charge is 0.228 e. The molecule has 0 saturated carbocycles. The number of benzene rings is 1. The van der Waals surface area contributed by atoms with E-state index >= 15 is 0 Å². The molecular formula is C25H34N4O4. The van der Waals surface area contributed by atoms with Crippen LogP contribution in [0.25, 0.3) is 0 Å². The maximum atomic E-state index is 13.3. The van der Waals surface area contributed by atoms with Gasteiger partial charge in [0.2, 0.25) is 17.7 Å². The van der Waals surface area contributed by atoms with Gasteiger partial charge in [-0.1, -0.05) is 36.7 Å². The predicted molar refractivity (Wildman–Crippen MR) is 123 cm³/mol. The first-order valence-electron chi connectivity index (χ1n) is 12.2. The monoisotopic (exact) mass is 454 g/mol. The Morgan fingerprint density at radius 1 is 1.21 bits per heavy atom. The van der Waals surface area contributed by atoms with Crippen LogP contribution in [0.5, 0.6) is 5.75 Å². The Bertz CT molecular complexity index is 959. The third-order valence-corrected chi connectivity index (χ3v) is 6.76. The lowest BCUT2D eigenvalue weighted by atomic mass is 9.74. The molecule has 3 heterocycles. The highest BCUT2D eigenvalue weighted by Gasteiger charge is 2.42. The molecule has 33 heavy (non-hydrogen) atoms. The average Bonchev–Trinajstić information content (AvgIpc) is 3.31. The number of likely N-dealkylation sites (tertiary alicyclic amines) is 1. The van der Waals surface area contributed by atoms with Gasteiger partial charge in [-0.05, 0) is 43.7 Å². The van der Waals surface area contributed by atoms with Gasteiger partial charge in [-0.3, -0.25) is 9.59 Å². The summed E-state index contributed by atoms with van der Waals surface area (Å²) in [6.07, 6.45) is 6.73. The Morgan fingerprint density at radius 2 is 2.06 bits per heavy atom. The topological polar surface area (TPSA) is 97.6 Å². The van der Waals surface area contributed by atoms with Crippen molar-refractivity contribution in [3.8, 4) is 5.75 Å². The second kappa shape index (κ2) is 10.8. The van der Waals surface area contributed by atoms with Gasteiger partial charge in [0, 0.05) is 32.4 Å². The molecule has 2 aliphatic rings. The summed E-state index contributed by atoms with van der Waals surface area (Å²) >= 11 is 0. The number of carbonyl (C=O) groups is 2. The van der Waals surface area contributed by atoms with Crippen molar-refractivity contribution < 1.29 is 18.8 Å². The van der Waals surface area contributed by atoms with Crippen LogP contribution in [-0.4, -0.2) is 53.1 Å². The zero-order chi connectivity index (χ0) is 23.1. The van der Waals surface area contributed by atoms with Gasteiger partial charge >= 0.3 is 0 Å². The number of hydrogen-bond acceptors (Lipinski definition) is 6. The summed E-state index contributed by atoms with van der Waals surface area (Å²) in [5, 5.41) is 6.98. The highest BCUT2D eigenvalue weighted by Crippen LogP contribution is 2.36. The summed E-state index contributed by atoms with van der Waals surface area (Å²) in [4.78, 5) is 32.4. The van der Waals surface area contributed by atoms with Crippen LogP contribution in [0, 0.1) is 5.41 Å². The van der Waals surface area contributed by atoms with Gasteiger partial charge in [0.15, 0.2) is 5.82 Å². The molecule has 2 amide bonds. The molecule has 0 aliphatic carbocycles. The normalized spacial score (nSPS) is 22.0. The molecule has 1 aromatic heterocycles. The first kappa shape index (κ1) is 23.3. The molecule has 1 fully saturated rings. The molecule has 178 valence electrons. The first-order valence-corrected chi connectivity index (χ1v) is 12.2. The lowest BCUT2D eigenvalue weighted by molar-refractivity contribution is -0.142. The molecule has 0 bridgehead atoms. The minimum atomic E-state index is -0.535. The summed E-state index contributed by atoms with van der Waals surface area (Å²) in [5.41, 5.74) is 0.679. The summed E-state index contributed by atoms with van der Waals surface area (Å²) in [6, 6.07) is 8.13. The number of amides is 2. The summed E-state index contributed by atoms with van der Waals surface area (Å²) in [6.45, 7) is 4.02. The largest absolute Gasteiger partial charge is 0.491 e. The van der Waals surface area contributed by atoms with E-state index in [4.69, 9.17) is 9.26 Å². The second-order valence-electron chi connectivity index (χ2n) is 9.08. The van der Waals surface area contributed by atoms with E-state index in [-0.39, 0.29) is 11.8 Å². The van der Waals surface area contributed by atoms with Crippen molar-refractivity contribution in [3.63, 3.8) is 0 Å². The van der Waals surface area contributed by atoms with Gasteiger partial charge in [0.25, 0.3) is 0 Å². The van der Waals surface area contributed by atoms with Gasteiger partial charge in [0.05, 0.1) is 12.0 Å². The molecule has 8 heteroatoms. The van der Waals surface area contributed by atoms with E-state index in [2.05, 4.69) is 21.5 Å². The molecule has 1 spiro atoms. The highest BCUT2D eigenvalue weighted by molar-refractivity contribution is 5.84. The molecule has 8 nitrogen and oxygen atoms in total. The van der Waals surface area contributed by atoms with E-state index < -0.39 is 5.41 Å². The van der Waals surface area contributed by atoms with Gasteiger partial charge in [-0.15, -0.1) is 0 Å². The number of aromatic nitrogens is 2. The minimum absolute atomic E-state index is 0.0431. The molecule has 1 aromatic carbocycles. The number of nitrogens with zero attached hydrogens (tertiary/aromatic N) is 3. The molecular weight excluding hydrogens is 420 g/mol. The molecule has 2 aromatic rings. The number of fused-ring (bicyclic) bond motifs is 1. The fourth-order valence-corrected chi connectivity index (χ4v) is 4.90. The van der Waals surface area contributed by atoms with E-state index in [9.17, 15) is 9.59 Å². The Labute approximate surface area is 195 Å². The van der Waals surface area contributed by atoms with Crippen LogP contribution in [0.3, 0.4) is 0 Å². The van der Waals surface area contributed by atoms with Crippen LogP contribution in [0.1, 0.15) is 62.7 Å². The zero-order valence-electron chi connectivity index (χ0n) is 19.5. The van der Waals surface area contributed by atoms with Crippen molar-refractivity contribution in [1.82, 2.24) is 20.4 Å². The molecule has 4 rings (SSSR count). The molecule has 0 radical (unpaired) electrons. The Morgan fingerprint density at radius 3 is 2.91 bits per heavy atom. The van der Waals surface area contributed by atoms with Crippen molar-refractivity contribution in [2.75, 3.05) is 26.2 Å². The van der Waals surface area contributed by atoms with Crippen molar-refractivity contribution in [2.45, 2.75) is 64.7 Å². The summed E-state index contributed by atoms with van der Waals surface area (Å²) < 4.78 is 11.1. The fraction of sp³-hybridized carbons (Fsp3) is 0.600. The van der Waals surface area contributed by atoms with Crippen molar-refractivity contribution in [3.05, 3.63) is 41.5 Å². The van der Waals surface area contributed by atoms with Crippen molar-refractivity contribution >= 4 is 11.8 Å². The Kier molecular flexibility index (Phi) is 7.62. The zero-order valence-corrected chi connectivity index (χ0v) is 19.5. The van der Waals surface area contributed by atoms with E-state index in [1.807, 2.05) is 30.0 Å². The molecule has 1 saturated heterocycles. The fourth-order valence-electron chi connectivity index (χ4n) is 4.90. The quantitative estimate of drug-likeness (QED) is 0.762. The summed E-state index contributed by atoms with van der Waals surface area (Å²) in [7, 11) is 0. The van der Waals surface area contributed by atoms with Crippen LogP contribution in [0.15, 0.2) is 28.8 Å². The number of ether oxygens (including phenoxy) is 1. The van der Waals surface area contributed by atoms with Crippen LogP contribution in [0.2, 0.25) is 0 Å². The number of carbonyl (C=O) groups excluding carboxylic acids is 2. The van der Waals surface area contributed by atoms with Crippen LogP contribution < -0.4 is 10.1 Å². The number of hydrogen-bond donors (Lipinski definition) is 1. The van der Waals surface area contributed by atoms with Gasteiger partial charge < -0.3 is 19.5 Å². The molecule has 1 N–H and O–H groups in total. The number of nitrogens with one attached hydrogen (secondary N) is 1. The SMILES string of the molecule is CCc1noc(CCC(=O)N2CCCC3(CCCCc4ccccc4OCCNC3=O)C2)n1. The average molecular weight is 455 g/mol. The number of para-hydroxylation sites is 1. The third kappa shape index (κ3) is 5.72. The van der Waals surface area contributed by atoms with Gasteiger partial charge in [-0.25, -0.2) is 0 Å². The number of piperidine rings is 1. The first-order chi connectivity index (χ1) is 16.1. The standard InChI is InChI=1S/C25H34N4O4/c1-2-21-27-22(33-28-21)11-12-23(30)29-16-7-14-25(18-29)13-6-5-9-19-8-3-4-10-20(19)32-17-15-26-24(25)31/h3-4,8,10H,2,5-7,9,11-18H2,1H3,(H,26,31). The molecule has 2 aliphatic heterocycles. The lowest BCUT2D eigenvalue weighted by Gasteiger charge is -2.42. The third-order valence-electron chi connectivity index (χ3n) is 6.76. The van der Waals surface area contributed by atoms with Crippen molar-refractivity contribution in [2.24, 2.45) is 5.41 Å². The van der Waals surface area contributed by atoms with Crippen LogP contribution in [-0.2, 0) is 28.9 Å². The number of aryl methyl sites for hydroxylation is 3.